The zero-order chi connectivity index (χ0) is 16.0. The fourth-order valence-corrected chi connectivity index (χ4v) is 2.73. The van der Waals surface area contributed by atoms with Crippen LogP contribution in [0.3, 0.4) is 0 Å². The number of carbonyl (C=O) groups is 2. The lowest BCUT2D eigenvalue weighted by atomic mass is 10.0. The molecule has 1 aliphatic heterocycles. The zero-order valence-electron chi connectivity index (χ0n) is 14.1. The molecule has 0 spiro atoms. The minimum atomic E-state index is -0.349. The van der Waals surface area contributed by atoms with E-state index in [0.29, 0.717) is 12.8 Å². The molecule has 4 heteroatoms. The molecular weight excluding hydrogens is 280 g/mol. The highest BCUT2D eigenvalue weighted by Gasteiger charge is 2.12. The molecule has 1 atom stereocenters. The Hall–Kier alpha value is -1.06. The van der Waals surface area contributed by atoms with Crippen LogP contribution in [-0.4, -0.2) is 24.6 Å². The normalized spacial score (nSPS) is 25.2. The summed E-state index contributed by atoms with van der Waals surface area (Å²) in [6.45, 7) is 1.94. The Labute approximate surface area is 134 Å². The number of rotatable bonds is 0. The van der Waals surface area contributed by atoms with Crippen LogP contribution in [0.4, 0.5) is 0 Å². The van der Waals surface area contributed by atoms with Crippen LogP contribution in [0.1, 0.15) is 90.4 Å². The second kappa shape index (κ2) is 12.5. The summed E-state index contributed by atoms with van der Waals surface area (Å²) in [5.74, 6) is -0.359. The van der Waals surface area contributed by atoms with Gasteiger partial charge in [0.25, 0.3) is 0 Å². The first-order valence-corrected chi connectivity index (χ1v) is 9.03. The van der Waals surface area contributed by atoms with Gasteiger partial charge < -0.3 is 9.47 Å². The van der Waals surface area contributed by atoms with E-state index >= 15 is 0 Å². The molecule has 0 radical (unpaired) electrons. The summed E-state index contributed by atoms with van der Waals surface area (Å²) in [6, 6.07) is 0. The van der Waals surface area contributed by atoms with Crippen LogP contribution in [0.5, 0.6) is 0 Å². The first-order valence-electron chi connectivity index (χ1n) is 9.03. The quantitative estimate of drug-likeness (QED) is 0.616. The Balaban J connectivity index is 2.29. The number of esters is 2. The molecule has 0 aromatic rings. The minimum absolute atomic E-state index is 0.171. The van der Waals surface area contributed by atoms with Crippen molar-refractivity contribution in [1.82, 2.24) is 0 Å². The van der Waals surface area contributed by atoms with Crippen molar-refractivity contribution in [2.45, 2.75) is 96.5 Å². The molecule has 0 amide bonds. The molecule has 0 aliphatic carbocycles. The van der Waals surface area contributed by atoms with Gasteiger partial charge in [0, 0.05) is 12.8 Å². The maximum Gasteiger partial charge on any atom is 0.306 e. The summed E-state index contributed by atoms with van der Waals surface area (Å²) in [5.41, 5.74) is 0. The molecule has 1 heterocycles. The van der Waals surface area contributed by atoms with E-state index in [-0.39, 0.29) is 24.6 Å². The van der Waals surface area contributed by atoms with Gasteiger partial charge in [0.1, 0.15) is 12.7 Å². The Kier molecular flexibility index (Phi) is 10.8. The fourth-order valence-electron chi connectivity index (χ4n) is 2.73. The number of cyclic esters (lactones) is 2. The molecular formula is C18H32O4. The molecule has 0 saturated carbocycles. The fraction of sp³-hybridized carbons (Fsp3) is 0.889. The predicted octanol–water partition coefficient (Wildman–Crippen LogP) is 4.55. The van der Waals surface area contributed by atoms with Crippen molar-refractivity contribution in [2.24, 2.45) is 0 Å². The summed E-state index contributed by atoms with van der Waals surface area (Å²) in [4.78, 5) is 23.2. The molecule has 22 heavy (non-hydrogen) atoms. The largest absolute Gasteiger partial charge is 0.462 e. The van der Waals surface area contributed by atoms with Crippen molar-refractivity contribution in [2.75, 3.05) is 6.61 Å². The molecule has 1 rings (SSSR count). The average molecular weight is 312 g/mol. The summed E-state index contributed by atoms with van der Waals surface area (Å²) >= 11 is 0. The average Bonchev–Trinajstić information content (AvgIpc) is 2.49. The summed E-state index contributed by atoms with van der Waals surface area (Å²) in [7, 11) is 0. The van der Waals surface area contributed by atoms with Crippen LogP contribution in [0.25, 0.3) is 0 Å². The first-order chi connectivity index (χ1) is 10.7. The first kappa shape index (κ1) is 19.0. The van der Waals surface area contributed by atoms with E-state index in [0.717, 1.165) is 25.7 Å². The Morgan fingerprint density at radius 3 is 1.59 bits per heavy atom. The SMILES string of the molecule is CC1COC(=O)CCCCCCCCCCCCCC(=O)O1. The van der Waals surface area contributed by atoms with Gasteiger partial charge in [-0.2, -0.15) is 0 Å². The molecule has 1 fully saturated rings. The summed E-state index contributed by atoms with van der Waals surface area (Å²) in [5, 5.41) is 0. The van der Waals surface area contributed by atoms with E-state index in [1.165, 1.54) is 44.9 Å². The van der Waals surface area contributed by atoms with Gasteiger partial charge >= 0.3 is 11.9 Å². The highest BCUT2D eigenvalue weighted by atomic mass is 16.6. The van der Waals surface area contributed by atoms with Crippen LogP contribution in [-0.2, 0) is 19.1 Å². The van der Waals surface area contributed by atoms with Gasteiger partial charge in [-0.3, -0.25) is 9.59 Å². The molecule has 0 aromatic heterocycles. The highest BCUT2D eigenvalue weighted by Crippen LogP contribution is 2.13. The van der Waals surface area contributed by atoms with Crippen LogP contribution >= 0.6 is 0 Å². The van der Waals surface area contributed by atoms with E-state index in [9.17, 15) is 9.59 Å². The number of carbonyl (C=O) groups excluding carboxylic acids is 2. The van der Waals surface area contributed by atoms with E-state index in [4.69, 9.17) is 9.47 Å². The highest BCUT2D eigenvalue weighted by molar-refractivity contribution is 5.70. The van der Waals surface area contributed by atoms with Crippen LogP contribution in [0, 0.1) is 0 Å². The lowest BCUT2D eigenvalue weighted by Crippen LogP contribution is -2.22. The second-order valence-electron chi connectivity index (χ2n) is 6.37. The molecule has 4 nitrogen and oxygen atoms in total. The lowest BCUT2D eigenvalue weighted by Gasteiger charge is -2.13. The number of hydrogen-bond acceptors (Lipinski definition) is 4. The van der Waals surface area contributed by atoms with Gasteiger partial charge in [0.05, 0.1) is 0 Å². The molecule has 0 N–H and O–H groups in total. The van der Waals surface area contributed by atoms with Crippen molar-refractivity contribution in [1.29, 1.82) is 0 Å². The van der Waals surface area contributed by atoms with Crippen LogP contribution < -0.4 is 0 Å². The Morgan fingerprint density at radius 2 is 1.09 bits per heavy atom. The smallest absolute Gasteiger partial charge is 0.306 e. The van der Waals surface area contributed by atoms with Gasteiger partial charge in [-0.1, -0.05) is 57.8 Å². The van der Waals surface area contributed by atoms with Crippen molar-refractivity contribution in [3.63, 3.8) is 0 Å². The standard InChI is InChI=1S/C18H32O4/c1-16-15-21-17(19)13-11-9-7-5-3-2-4-6-8-10-12-14-18(20)22-16/h16H,2-15H2,1H3. The van der Waals surface area contributed by atoms with Gasteiger partial charge in [0.2, 0.25) is 0 Å². The molecule has 128 valence electrons. The van der Waals surface area contributed by atoms with E-state index in [2.05, 4.69) is 0 Å². The monoisotopic (exact) mass is 312 g/mol. The maximum atomic E-state index is 11.7. The zero-order valence-corrected chi connectivity index (χ0v) is 14.1. The minimum Gasteiger partial charge on any atom is -0.462 e. The van der Waals surface area contributed by atoms with Crippen molar-refractivity contribution < 1.29 is 19.1 Å². The van der Waals surface area contributed by atoms with E-state index in [1.54, 1.807) is 6.92 Å². The molecule has 1 saturated heterocycles. The van der Waals surface area contributed by atoms with Gasteiger partial charge in [0.15, 0.2) is 0 Å². The summed E-state index contributed by atoms with van der Waals surface area (Å²) < 4.78 is 10.4. The Bertz CT molecular complexity index is 314. The molecule has 0 bridgehead atoms. The molecule has 1 aliphatic rings. The predicted molar refractivity (Wildman–Crippen MR) is 86.5 cm³/mol. The third kappa shape index (κ3) is 10.6. The van der Waals surface area contributed by atoms with Gasteiger partial charge in [-0.05, 0) is 19.8 Å². The summed E-state index contributed by atoms with van der Waals surface area (Å²) in [6.07, 6.45) is 13.4. The number of hydrogen-bond donors (Lipinski definition) is 0. The van der Waals surface area contributed by atoms with Crippen molar-refractivity contribution in [3.05, 3.63) is 0 Å². The van der Waals surface area contributed by atoms with Crippen molar-refractivity contribution >= 4 is 11.9 Å². The van der Waals surface area contributed by atoms with E-state index < -0.39 is 0 Å². The van der Waals surface area contributed by atoms with E-state index in [1.807, 2.05) is 0 Å². The third-order valence-electron chi connectivity index (χ3n) is 4.07. The van der Waals surface area contributed by atoms with Crippen LogP contribution in [0.2, 0.25) is 0 Å². The maximum absolute atomic E-state index is 11.7. The topological polar surface area (TPSA) is 52.6 Å². The lowest BCUT2D eigenvalue weighted by molar-refractivity contribution is -0.158. The van der Waals surface area contributed by atoms with Crippen molar-refractivity contribution in [3.8, 4) is 0 Å². The third-order valence-corrected chi connectivity index (χ3v) is 4.07. The van der Waals surface area contributed by atoms with Gasteiger partial charge in [-0.25, -0.2) is 0 Å². The second-order valence-corrected chi connectivity index (χ2v) is 6.37. The molecule has 0 aromatic carbocycles. The van der Waals surface area contributed by atoms with Gasteiger partial charge in [-0.15, -0.1) is 0 Å². The molecule has 1 unspecified atom stereocenters. The number of ether oxygens (including phenoxy) is 2. The Morgan fingerprint density at radius 1 is 0.682 bits per heavy atom. The van der Waals surface area contributed by atoms with Crippen LogP contribution in [0.15, 0.2) is 0 Å².